The molecule has 0 aliphatic rings. The van der Waals surface area contributed by atoms with E-state index in [1.54, 1.807) is 0 Å². The summed E-state index contributed by atoms with van der Waals surface area (Å²) in [5.74, 6) is -3.32. The van der Waals surface area contributed by atoms with Crippen molar-refractivity contribution in [2.75, 3.05) is 11.5 Å². The number of unbranched alkanes of at least 4 members (excludes halogenated alkanes) is 2. The van der Waals surface area contributed by atoms with Crippen molar-refractivity contribution in [1.29, 1.82) is 0 Å². The summed E-state index contributed by atoms with van der Waals surface area (Å²) >= 11 is 0. The van der Waals surface area contributed by atoms with Gasteiger partial charge in [0.2, 0.25) is 0 Å². The molecule has 0 spiro atoms. The maximum atomic E-state index is 11.0. The van der Waals surface area contributed by atoms with Gasteiger partial charge in [-0.3, -0.25) is 9.59 Å². The van der Waals surface area contributed by atoms with E-state index < -0.39 is 27.5 Å². The van der Waals surface area contributed by atoms with Gasteiger partial charge in [-0.05, 0) is 12.8 Å². The fourth-order valence-electron chi connectivity index (χ4n) is 1.04. The normalized spacial score (nSPS) is 11.2. The van der Waals surface area contributed by atoms with Crippen LogP contribution in [0.2, 0.25) is 0 Å². The van der Waals surface area contributed by atoms with Crippen LogP contribution in [0.25, 0.3) is 0 Å². The molecule has 0 aromatic rings. The van der Waals surface area contributed by atoms with E-state index in [1.807, 2.05) is 0 Å². The van der Waals surface area contributed by atoms with Crippen LogP contribution in [0.4, 0.5) is 0 Å². The van der Waals surface area contributed by atoms with Crippen LogP contribution in [0.5, 0.6) is 0 Å². The van der Waals surface area contributed by atoms with E-state index in [1.165, 1.54) is 0 Å². The number of carboxylic acids is 2. The van der Waals surface area contributed by atoms with Gasteiger partial charge in [-0.15, -0.1) is 0 Å². The van der Waals surface area contributed by atoms with Crippen molar-refractivity contribution in [2.24, 2.45) is 0 Å². The Morgan fingerprint density at radius 2 is 1.53 bits per heavy atom. The van der Waals surface area contributed by atoms with Crippen molar-refractivity contribution in [3.63, 3.8) is 0 Å². The van der Waals surface area contributed by atoms with Crippen LogP contribution in [0.15, 0.2) is 0 Å². The predicted molar refractivity (Wildman–Crippen MR) is 52.4 cm³/mol. The molecule has 0 saturated carbocycles. The lowest BCUT2D eigenvalue weighted by Gasteiger charge is -2.00. The molecule has 6 nitrogen and oxygen atoms in total. The first-order valence-electron chi connectivity index (χ1n) is 4.47. The third-order valence-corrected chi connectivity index (χ3v) is 3.29. The number of carboxylic acid groups (broad SMARTS) is 2. The monoisotopic (exact) mass is 238 g/mol. The number of sulfone groups is 1. The molecule has 0 rings (SSSR count). The Morgan fingerprint density at radius 3 is 2.00 bits per heavy atom. The molecule has 0 bridgehead atoms. The van der Waals surface area contributed by atoms with Crippen molar-refractivity contribution in [3.05, 3.63) is 0 Å². The number of aliphatic carboxylic acids is 2. The maximum Gasteiger partial charge on any atom is 0.318 e. The first-order valence-corrected chi connectivity index (χ1v) is 6.29. The smallest absolute Gasteiger partial charge is 0.318 e. The van der Waals surface area contributed by atoms with Crippen LogP contribution >= 0.6 is 0 Å². The van der Waals surface area contributed by atoms with Crippen LogP contribution in [0, 0.1) is 0 Å². The fourth-order valence-corrected chi connectivity index (χ4v) is 2.20. The molecule has 0 unspecified atom stereocenters. The van der Waals surface area contributed by atoms with Crippen molar-refractivity contribution in [3.8, 4) is 0 Å². The van der Waals surface area contributed by atoms with Crippen molar-refractivity contribution >= 4 is 21.8 Å². The summed E-state index contributed by atoms with van der Waals surface area (Å²) in [7, 11) is -3.53. The summed E-state index contributed by atoms with van der Waals surface area (Å²) in [6, 6.07) is 0. The van der Waals surface area contributed by atoms with Gasteiger partial charge in [0.05, 0.1) is 5.75 Å². The topological polar surface area (TPSA) is 109 Å². The minimum Gasteiger partial charge on any atom is -0.481 e. The molecule has 7 heteroatoms. The third-order valence-electron chi connectivity index (χ3n) is 1.69. The van der Waals surface area contributed by atoms with Crippen LogP contribution < -0.4 is 0 Å². The standard InChI is InChI=1S/C8H14O6S/c9-7(10)4-2-1-3-5-15(13,14)6-8(11)12/h1-6H2,(H,9,10)(H,11,12). The molecule has 0 radical (unpaired) electrons. The van der Waals surface area contributed by atoms with Crippen molar-refractivity contribution in [2.45, 2.75) is 25.7 Å². The summed E-state index contributed by atoms with van der Waals surface area (Å²) in [5, 5.41) is 16.6. The summed E-state index contributed by atoms with van der Waals surface area (Å²) in [6.45, 7) is 0. The summed E-state index contributed by atoms with van der Waals surface area (Å²) in [5.41, 5.74) is 0. The first-order chi connectivity index (χ1) is 6.83. The molecular formula is C8H14O6S. The highest BCUT2D eigenvalue weighted by atomic mass is 32.2. The Bertz CT molecular complexity index is 318. The van der Waals surface area contributed by atoms with Gasteiger partial charge in [-0.25, -0.2) is 8.42 Å². The largest absolute Gasteiger partial charge is 0.481 e. The second-order valence-corrected chi connectivity index (χ2v) is 5.37. The van der Waals surface area contributed by atoms with Crippen molar-refractivity contribution in [1.82, 2.24) is 0 Å². The van der Waals surface area contributed by atoms with E-state index in [4.69, 9.17) is 10.2 Å². The van der Waals surface area contributed by atoms with E-state index in [0.29, 0.717) is 19.3 Å². The average molecular weight is 238 g/mol. The van der Waals surface area contributed by atoms with Crippen LogP contribution in [-0.4, -0.2) is 42.1 Å². The zero-order valence-corrected chi connectivity index (χ0v) is 8.99. The molecule has 0 saturated heterocycles. The molecule has 0 aliphatic heterocycles. The minimum absolute atomic E-state index is 0.0129. The predicted octanol–water partition coefficient (Wildman–Crippen LogP) is 0.131. The van der Waals surface area contributed by atoms with Gasteiger partial charge < -0.3 is 10.2 Å². The Hall–Kier alpha value is -1.11. The highest BCUT2D eigenvalue weighted by molar-refractivity contribution is 7.92. The second kappa shape index (κ2) is 6.39. The molecule has 0 amide bonds. The molecule has 0 aromatic heterocycles. The van der Waals surface area contributed by atoms with Crippen LogP contribution in [-0.2, 0) is 19.4 Å². The van der Waals surface area contributed by atoms with Gasteiger partial charge in [0.25, 0.3) is 0 Å². The third kappa shape index (κ3) is 9.20. The minimum atomic E-state index is -3.53. The fraction of sp³-hybridized carbons (Fsp3) is 0.750. The number of rotatable bonds is 8. The van der Waals surface area contributed by atoms with E-state index in [9.17, 15) is 18.0 Å². The molecule has 0 aromatic carbocycles. The van der Waals surface area contributed by atoms with Gasteiger partial charge in [-0.1, -0.05) is 6.42 Å². The lowest BCUT2D eigenvalue weighted by molar-refractivity contribution is -0.137. The Kier molecular flexibility index (Phi) is 5.92. The lowest BCUT2D eigenvalue weighted by atomic mass is 10.2. The van der Waals surface area contributed by atoms with Gasteiger partial charge in [0, 0.05) is 6.42 Å². The molecule has 2 N–H and O–H groups in total. The molecule has 0 fully saturated rings. The van der Waals surface area contributed by atoms with Crippen LogP contribution in [0.1, 0.15) is 25.7 Å². The highest BCUT2D eigenvalue weighted by Crippen LogP contribution is 2.03. The quantitative estimate of drug-likeness (QED) is 0.582. The van der Waals surface area contributed by atoms with Gasteiger partial charge in [0.1, 0.15) is 5.75 Å². The Morgan fingerprint density at radius 1 is 0.933 bits per heavy atom. The van der Waals surface area contributed by atoms with E-state index >= 15 is 0 Å². The average Bonchev–Trinajstić information content (AvgIpc) is 1.99. The van der Waals surface area contributed by atoms with Gasteiger partial charge in [-0.2, -0.15) is 0 Å². The number of carbonyl (C=O) groups is 2. The Balaban J connectivity index is 3.67. The molecule has 0 heterocycles. The van der Waals surface area contributed by atoms with Crippen molar-refractivity contribution < 1.29 is 28.2 Å². The van der Waals surface area contributed by atoms with E-state index in [-0.39, 0.29) is 12.2 Å². The highest BCUT2D eigenvalue weighted by Gasteiger charge is 2.14. The van der Waals surface area contributed by atoms with Gasteiger partial charge >= 0.3 is 11.9 Å². The molecular weight excluding hydrogens is 224 g/mol. The molecule has 0 aliphatic carbocycles. The number of hydrogen-bond acceptors (Lipinski definition) is 4. The van der Waals surface area contributed by atoms with E-state index in [2.05, 4.69) is 0 Å². The second-order valence-electron chi connectivity index (χ2n) is 3.19. The van der Waals surface area contributed by atoms with Crippen LogP contribution in [0.3, 0.4) is 0 Å². The zero-order valence-electron chi connectivity index (χ0n) is 8.18. The van der Waals surface area contributed by atoms with E-state index in [0.717, 1.165) is 0 Å². The first kappa shape index (κ1) is 13.9. The Labute approximate surface area is 87.8 Å². The molecule has 0 atom stereocenters. The summed E-state index contributed by atoms with van der Waals surface area (Å²) in [6.07, 6.45) is 1.21. The summed E-state index contributed by atoms with van der Waals surface area (Å²) in [4.78, 5) is 20.2. The maximum absolute atomic E-state index is 11.0. The SMILES string of the molecule is O=C(O)CCCCCS(=O)(=O)CC(=O)O. The molecule has 15 heavy (non-hydrogen) atoms. The van der Waals surface area contributed by atoms with Gasteiger partial charge in [0.15, 0.2) is 9.84 Å². The number of hydrogen-bond donors (Lipinski definition) is 2. The zero-order chi connectivity index (χ0) is 11.9. The lowest BCUT2D eigenvalue weighted by Crippen LogP contribution is -2.18. The summed E-state index contributed by atoms with van der Waals surface area (Å²) < 4.78 is 22.1. The molecule has 88 valence electrons.